The maximum Gasteiger partial charge on any atom is 1.00 e. The predicted octanol–water partition coefficient (Wildman–Crippen LogP) is 2.12. The van der Waals surface area contributed by atoms with Gasteiger partial charge >= 0.3 is 29.6 Å². The zero-order valence-electron chi connectivity index (χ0n) is 20.5. The van der Waals surface area contributed by atoms with Gasteiger partial charge in [0.1, 0.15) is 6.61 Å². The van der Waals surface area contributed by atoms with Crippen LogP contribution < -0.4 is 34.5 Å². The molecule has 0 aliphatic carbocycles. The average molecular weight is 461 g/mol. The molecule has 0 amide bonds. The summed E-state index contributed by atoms with van der Waals surface area (Å²) >= 11 is 0. The van der Waals surface area contributed by atoms with E-state index in [0.717, 1.165) is 19.4 Å². The fourth-order valence-corrected chi connectivity index (χ4v) is 3.91. The molecule has 2 N–H and O–H groups in total. The molecular formula is C22H48NNaO5P+. The molecule has 30 heavy (non-hydrogen) atoms. The van der Waals surface area contributed by atoms with Crippen molar-refractivity contribution in [1.29, 1.82) is 0 Å². The van der Waals surface area contributed by atoms with E-state index in [9.17, 15) is 14.6 Å². The van der Waals surface area contributed by atoms with Crippen molar-refractivity contribution in [2.75, 3.05) is 27.2 Å². The summed E-state index contributed by atoms with van der Waals surface area (Å²) in [6.45, 7) is 4.07. The smallest absolute Gasteiger partial charge is 0.756 e. The van der Waals surface area contributed by atoms with Crippen molar-refractivity contribution < 1.29 is 58.0 Å². The number of phosphoric acid groups is 1. The van der Waals surface area contributed by atoms with Gasteiger partial charge in [0.05, 0.1) is 20.6 Å². The molecule has 0 bridgehead atoms. The van der Waals surface area contributed by atoms with Gasteiger partial charge in [-0.15, -0.1) is 0 Å². The van der Waals surface area contributed by atoms with Crippen molar-refractivity contribution >= 4 is 7.82 Å². The van der Waals surface area contributed by atoms with Gasteiger partial charge in [0.15, 0.2) is 0 Å². The van der Waals surface area contributed by atoms with Gasteiger partial charge in [0.2, 0.25) is 5.72 Å². The van der Waals surface area contributed by atoms with Crippen LogP contribution in [0.2, 0.25) is 0 Å². The molecule has 0 fully saturated rings. The number of rotatable bonds is 20. The Kier molecular flexibility index (Phi) is 20.4. The van der Waals surface area contributed by atoms with Gasteiger partial charge in [-0.1, -0.05) is 90.4 Å². The molecule has 0 saturated heterocycles. The Morgan fingerprint density at radius 2 is 1.17 bits per heavy atom. The summed E-state index contributed by atoms with van der Waals surface area (Å²) in [7, 11) is -1.12. The number of unbranched alkanes of at least 4 members (excludes halogenated alkanes) is 14. The van der Waals surface area contributed by atoms with Gasteiger partial charge < -0.3 is 19.4 Å². The molecule has 0 aliphatic rings. The van der Waals surface area contributed by atoms with Gasteiger partial charge in [-0.25, -0.2) is 0 Å². The third-order valence-electron chi connectivity index (χ3n) is 6.13. The first-order valence-electron chi connectivity index (χ1n) is 11.8. The number of nitrogens with zero attached hydrogens (tertiary/aromatic N) is 1. The molecule has 0 aromatic carbocycles. The molecule has 0 rings (SSSR count). The third-order valence-corrected chi connectivity index (χ3v) is 6.58. The zero-order valence-corrected chi connectivity index (χ0v) is 23.4. The van der Waals surface area contributed by atoms with Gasteiger partial charge in [0, 0.05) is 6.92 Å². The van der Waals surface area contributed by atoms with Crippen molar-refractivity contribution in [2.24, 2.45) is 0 Å². The Bertz CT molecular complexity index is 443. The quantitative estimate of drug-likeness (QED) is 0.0955. The van der Waals surface area contributed by atoms with E-state index in [-0.39, 0.29) is 34.0 Å². The molecule has 2 unspecified atom stereocenters. The molecule has 0 heterocycles. The molecule has 0 saturated carbocycles. The maximum atomic E-state index is 10.8. The van der Waals surface area contributed by atoms with Crippen molar-refractivity contribution in [3.05, 3.63) is 0 Å². The van der Waals surface area contributed by atoms with Crippen LogP contribution in [-0.4, -0.2) is 47.5 Å². The molecule has 0 aliphatic heterocycles. The van der Waals surface area contributed by atoms with E-state index < -0.39 is 20.2 Å². The Labute approximate surface area is 208 Å². The van der Waals surface area contributed by atoms with Crippen molar-refractivity contribution in [2.45, 2.75) is 116 Å². The Morgan fingerprint density at radius 1 is 0.833 bits per heavy atom. The normalized spacial score (nSPS) is 16.0. The van der Waals surface area contributed by atoms with Crippen molar-refractivity contribution in [1.82, 2.24) is 0 Å². The minimum absolute atomic E-state index is 0. The molecule has 0 aromatic rings. The summed E-state index contributed by atoms with van der Waals surface area (Å²) in [6.07, 6.45) is 19.6. The summed E-state index contributed by atoms with van der Waals surface area (Å²) in [5, 5.41) is 10.5. The molecule has 8 heteroatoms. The van der Waals surface area contributed by atoms with Crippen molar-refractivity contribution in [3.8, 4) is 0 Å². The molecule has 0 spiro atoms. The van der Waals surface area contributed by atoms with E-state index in [0.29, 0.717) is 0 Å². The second-order valence-electron chi connectivity index (χ2n) is 9.32. The van der Waals surface area contributed by atoms with Crippen LogP contribution in [0, 0.1) is 0 Å². The van der Waals surface area contributed by atoms with E-state index in [2.05, 4.69) is 11.4 Å². The number of likely N-dealkylation sites (N-methyl/N-ethyl adjacent to an activating group) is 1. The van der Waals surface area contributed by atoms with Crippen LogP contribution in [0.5, 0.6) is 0 Å². The number of quaternary nitrogens is 1. The van der Waals surface area contributed by atoms with E-state index in [1.165, 1.54) is 90.4 Å². The number of aliphatic hydroxyl groups is 1. The number of hydrogen-bond acceptors (Lipinski definition) is 4. The summed E-state index contributed by atoms with van der Waals surface area (Å²) in [5.41, 5.74) is -1.38. The number of phosphoric ester groups is 1. The maximum absolute atomic E-state index is 10.8. The topological polar surface area (TPSA) is 89.8 Å². The minimum atomic E-state index is -4.81. The van der Waals surface area contributed by atoms with Crippen LogP contribution in [-0.2, 0) is 9.09 Å². The van der Waals surface area contributed by atoms with E-state index in [1.807, 2.05) is 14.1 Å². The molecule has 0 aromatic heterocycles. The first kappa shape index (κ1) is 33.2. The molecule has 2 atom stereocenters. The number of hydrogen-bond donors (Lipinski definition) is 2. The van der Waals surface area contributed by atoms with Gasteiger partial charge in [0.25, 0.3) is 7.82 Å². The van der Waals surface area contributed by atoms with Gasteiger partial charge in [-0.3, -0.25) is 9.05 Å². The minimum Gasteiger partial charge on any atom is -0.756 e. The van der Waals surface area contributed by atoms with Crippen LogP contribution in [0.1, 0.15) is 110 Å². The molecule has 0 radical (unpaired) electrons. The van der Waals surface area contributed by atoms with Crippen LogP contribution >= 0.6 is 7.82 Å². The Morgan fingerprint density at radius 3 is 1.50 bits per heavy atom. The molecule has 176 valence electrons. The Balaban J connectivity index is 0. The fraction of sp³-hybridized carbons (Fsp3) is 1.00. The third kappa shape index (κ3) is 18.6. The standard InChI is InChI=1S/C22H48NO5P.Na/c1-5-6-7-8-9-10-11-12-13-14-15-16-17-18-19-20-23(3,4)22(2,24)21-28-29(25,26)27;/h24H,5-21H2,1-4H3,(H-,25,26,27);/q;+1. The summed E-state index contributed by atoms with van der Waals surface area (Å²) in [5.74, 6) is 0. The second kappa shape index (κ2) is 18.5. The van der Waals surface area contributed by atoms with E-state index in [1.54, 1.807) is 0 Å². The van der Waals surface area contributed by atoms with E-state index >= 15 is 0 Å². The first-order chi connectivity index (χ1) is 13.5. The SMILES string of the molecule is CCCCCCCCCCCCCCCCC[N+](C)(C)C(C)(O)COP(=O)([O-])O.[Na+]. The summed E-state index contributed by atoms with van der Waals surface area (Å²) in [6, 6.07) is 0. The molecule has 6 nitrogen and oxygen atoms in total. The fourth-order valence-electron chi connectivity index (χ4n) is 3.50. The van der Waals surface area contributed by atoms with Crippen LogP contribution in [0.3, 0.4) is 0 Å². The van der Waals surface area contributed by atoms with Crippen LogP contribution in [0.15, 0.2) is 0 Å². The van der Waals surface area contributed by atoms with Crippen LogP contribution in [0.25, 0.3) is 0 Å². The zero-order chi connectivity index (χ0) is 22.2. The van der Waals surface area contributed by atoms with Gasteiger partial charge in [-0.05, 0) is 12.8 Å². The summed E-state index contributed by atoms with van der Waals surface area (Å²) < 4.78 is 15.4. The first-order valence-corrected chi connectivity index (χ1v) is 13.3. The van der Waals surface area contributed by atoms with Crippen molar-refractivity contribution in [3.63, 3.8) is 0 Å². The summed E-state index contributed by atoms with van der Waals surface area (Å²) in [4.78, 5) is 19.5. The largest absolute Gasteiger partial charge is 1.00 e. The van der Waals surface area contributed by atoms with E-state index in [4.69, 9.17) is 4.89 Å². The average Bonchev–Trinajstić information content (AvgIpc) is 2.62. The predicted molar refractivity (Wildman–Crippen MR) is 118 cm³/mol. The molecular weight excluding hydrogens is 412 g/mol. The van der Waals surface area contributed by atoms with Crippen LogP contribution in [0.4, 0.5) is 0 Å². The van der Waals surface area contributed by atoms with Gasteiger partial charge in [-0.2, -0.15) is 0 Å². The second-order valence-corrected chi connectivity index (χ2v) is 10.5. The monoisotopic (exact) mass is 460 g/mol. The Hall–Kier alpha value is 1.03.